The van der Waals surface area contributed by atoms with Crippen molar-refractivity contribution in [2.24, 2.45) is 0 Å². The molecule has 3 aromatic carbocycles. The van der Waals surface area contributed by atoms with E-state index in [1.807, 2.05) is 30.3 Å². The normalized spacial score (nSPS) is 13.5. The molecule has 4 aromatic rings. The van der Waals surface area contributed by atoms with Gasteiger partial charge in [-0.1, -0.05) is 35.5 Å². The van der Waals surface area contributed by atoms with Crippen molar-refractivity contribution in [1.29, 1.82) is 0 Å². The van der Waals surface area contributed by atoms with E-state index in [2.05, 4.69) is 15.5 Å². The Morgan fingerprint density at radius 3 is 2.46 bits per heavy atom. The maximum atomic E-state index is 12.9. The number of fused-ring (bicyclic) bond motifs is 1. The fourth-order valence-corrected chi connectivity index (χ4v) is 3.63. The molecule has 1 aliphatic heterocycles. The number of aromatic nitrogens is 2. The lowest BCUT2D eigenvalue weighted by atomic mass is 10.0. The minimum absolute atomic E-state index is 0.0755. The van der Waals surface area contributed by atoms with Gasteiger partial charge in [0.15, 0.2) is 11.5 Å². The minimum atomic E-state index is -4.49. The molecular weight excluding hydrogens is 463 g/mol. The van der Waals surface area contributed by atoms with Crippen LogP contribution in [0.25, 0.3) is 11.4 Å². The van der Waals surface area contributed by atoms with Crippen molar-refractivity contribution in [2.45, 2.75) is 18.6 Å². The van der Waals surface area contributed by atoms with E-state index in [9.17, 15) is 18.0 Å². The number of carbonyl (C=O) groups excluding carboxylic acids is 1. The molecule has 0 radical (unpaired) electrons. The lowest BCUT2D eigenvalue weighted by Crippen LogP contribution is -2.30. The molecule has 2 heterocycles. The number of benzene rings is 3. The molecule has 178 valence electrons. The minimum Gasteiger partial charge on any atom is -0.454 e. The van der Waals surface area contributed by atoms with Crippen molar-refractivity contribution in [3.63, 3.8) is 0 Å². The number of hydrogen-bond acceptors (Lipinski definition) is 6. The maximum Gasteiger partial charge on any atom is 0.416 e. The first kappa shape index (κ1) is 22.5. The van der Waals surface area contributed by atoms with Crippen LogP contribution in [0, 0.1) is 0 Å². The summed E-state index contributed by atoms with van der Waals surface area (Å²) in [6.07, 6.45) is -4.16. The molecular formula is C25H18F3N3O4. The number of carbonyl (C=O) groups is 1. The Morgan fingerprint density at radius 2 is 1.71 bits per heavy atom. The highest BCUT2D eigenvalue weighted by Crippen LogP contribution is 2.35. The van der Waals surface area contributed by atoms with E-state index in [0.29, 0.717) is 29.3 Å². The highest BCUT2D eigenvalue weighted by atomic mass is 19.4. The van der Waals surface area contributed by atoms with E-state index in [0.717, 1.165) is 29.8 Å². The zero-order valence-electron chi connectivity index (χ0n) is 18.1. The zero-order valence-corrected chi connectivity index (χ0v) is 18.1. The largest absolute Gasteiger partial charge is 0.454 e. The Morgan fingerprint density at radius 1 is 0.971 bits per heavy atom. The van der Waals surface area contributed by atoms with Crippen LogP contribution < -0.4 is 14.8 Å². The fourth-order valence-electron chi connectivity index (χ4n) is 3.63. The van der Waals surface area contributed by atoms with E-state index in [1.54, 1.807) is 18.2 Å². The number of hydrogen-bond donors (Lipinski definition) is 1. The van der Waals surface area contributed by atoms with Gasteiger partial charge < -0.3 is 19.3 Å². The number of rotatable bonds is 6. The molecule has 0 spiro atoms. The monoisotopic (exact) mass is 481 g/mol. The SMILES string of the molecule is O=C(N[C@H](Cc1ccccc1)c1nc(-c2ccc3c(c2)OCO3)no1)c1ccc(C(F)(F)F)cc1. The van der Waals surface area contributed by atoms with Crippen molar-refractivity contribution < 1.29 is 32.0 Å². The molecule has 5 rings (SSSR count). The molecule has 0 fully saturated rings. The van der Waals surface area contributed by atoms with Crippen LogP contribution in [0.15, 0.2) is 77.3 Å². The van der Waals surface area contributed by atoms with Gasteiger partial charge in [0.2, 0.25) is 18.5 Å². The third-order valence-corrected chi connectivity index (χ3v) is 5.43. The molecule has 0 unspecified atom stereocenters. The average molecular weight is 481 g/mol. The molecule has 10 heteroatoms. The number of nitrogens with zero attached hydrogens (tertiary/aromatic N) is 2. The first-order chi connectivity index (χ1) is 16.9. The quantitative estimate of drug-likeness (QED) is 0.408. The number of nitrogens with one attached hydrogen (secondary N) is 1. The molecule has 0 aliphatic carbocycles. The van der Waals surface area contributed by atoms with Crippen molar-refractivity contribution >= 4 is 5.91 Å². The van der Waals surface area contributed by atoms with Crippen LogP contribution in [0.4, 0.5) is 13.2 Å². The Hall–Kier alpha value is -4.34. The molecule has 1 aromatic heterocycles. The zero-order chi connectivity index (χ0) is 24.4. The summed E-state index contributed by atoms with van der Waals surface area (Å²) in [5.74, 6) is 1.05. The van der Waals surface area contributed by atoms with E-state index < -0.39 is 23.7 Å². The Kier molecular flexibility index (Phi) is 5.86. The third kappa shape index (κ3) is 4.96. The van der Waals surface area contributed by atoms with Crippen LogP contribution in [0.5, 0.6) is 11.5 Å². The Bertz CT molecular complexity index is 1340. The summed E-state index contributed by atoms with van der Waals surface area (Å²) < 4.78 is 54.8. The van der Waals surface area contributed by atoms with Gasteiger partial charge in [0.25, 0.3) is 5.91 Å². The molecule has 35 heavy (non-hydrogen) atoms. The van der Waals surface area contributed by atoms with Gasteiger partial charge in [-0.25, -0.2) is 0 Å². The Balaban J connectivity index is 1.40. The summed E-state index contributed by atoms with van der Waals surface area (Å²) in [6.45, 7) is 0.130. The van der Waals surface area contributed by atoms with Gasteiger partial charge >= 0.3 is 6.18 Å². The van der Waals surface area contributed by atoms with Crippen LogP contribution in [0.1, 0.15) is 33.4 Å². The smallest absolute Gasteiger partial charge is 0.416 e. The summed E-state index contributed by atoms with van der Waals surface area (Å²) in [5.41, 5.74) is 0.775. The van der Waals surface area contributed by atoms with Crippen molar-refractivity contribution in [3.8, 4) is 22.9 Å². The van der Waals surface area contributed by atoms with Crippen LogP contribution in [0.2, 0.25) is 0 Å². The second-order valence-electron chi connectivity index (χ2n) is 7.82. The van der Waals surface area contributed by atoms with Crippen LogP contribution >= 0.6 is 0 Å². The predicted molar refractivity (Wildman–Crippen MR) is 118 cm³/mol. The van der Waals surface area contributed by atoms with E-state index in [1.165, 1.54) is 0 Å². The number of ether oxygens (including phenoxy) is 2. The van der Waals surface area contributed by atoms with Gasteiger partial charge in [-0.05, 0) is 48.0 Å². The number of alkyl halides is 3. The summed E-state index contributed by atoms with van der Waals surface area (Å²) in [5, 5.41) is 6.84. The molecule has 1 amide bonds. The lowest BCUT2D eigenvalue weighted by molar-refractivity contribution is -0.137. The van der Waals surface area contributed by atoms with E-state index >= 15 is 0 Å². The Labute approximate surface area is 197 Å². The van der Waals surface area contributed by atoms with Crippen LogP contribution in [-0.2, 0) is 12.6 Å². The van der Waals surface area contributed by atoms with Gasteiger partial charge in [0.1, 0.15) is 6.04 Å². The molecule has 1 N–H and O–H groups in total. The van der Waals surface area contributed by atoms with E-state index in [4.69, 9.17) is 14.0 Å². The van der Waals surface area contributed by atoms with E-state index in [-0.39, 0.29) is 18.2 Å². The van der Waals surface area contributed by atoms with Gasteiger partial charge in [-0.3, -0.25) is 4.79 Å². The standard InChI is InChI=1S/C25H18F3N3O4/c26-25(27,28)18-9-6-16(7-10-18)23(32)29-19(12-15-4-2-1-3-5-15)24-30-22(31-35-24)17-8-11-20-21(13-17)34-14-33-20/h1-11,13,19H,12,14H2,(H,29,32)/t19-/m1/s1. The van der Waals surface area contributed by atoms with Gasteiger partial charge in [0.05, 0.1) is 5.56 Å². The van der Waals surface area contributed by atoms with Crippen molar-refractivity contribution in [3.05, 3.63) is 95.4 Å². The first-order valence-electron chi connectivity index (χ1n) is 10.6. The summed E-state index contributed by atoms with van der Waals surface area (Å²) in [4.78, 5) is 17.3. The van der Waals surface area contributed by atoms with Crippen LogP contribution in [-0.4, -0.2) is 22.8 Å². The van der Waals surface area contributed by atoms with Gasteiger partial charge in [-0.15, -0.1) is 0 Å². The highest BCUT2D eigenvalue weighted by molar-refractivity contribution is 5.94. The number of amides is 1. The highest BCUT2D eigenvalue weighted by Gasteiger charge is 2.30. The van der Waals surface area contributed by atoms with Crippen molar-refractivity contribution in [2.75, 3.05) is 6.79 Å². The molecule has 0 bridgehead atoms. The van der Waals surface area contributed by atoms with Crippen molar-refractivity contribution in [1.82, 2.24) is 15.5 Å². The topological polar surface area (TPSA) is 86.5 Å². The molecule has 1 aliphatic rings. The maximum absolute atomic E-state index is 12.9. The lowest BCUT2D eigenvalue weighted by Gasteiger charge is -2.16. The number of halogens is 3. The first-order valence-corrected chi connectivity index (χ1v) is 10.6. The second kappa shape index (κ2) is 9.13. The van der Waals surface area contributed by atoms with Gasteiger partial charge in [-0.2, -0.15) is 18.2 Å². The van der Waals surface area contributed by atoms with Crippen LogP contribution in [0.3, 0.4) is 0 Å². The fraction of sp³-hybridized carbons (Fsp3) is 0.160. The second-order valence-corrected chi connectivity index (χ2v) is 7.82. The summed E-state index contributed by atoms with van der Waals surface area (Å²) in [7, 11) is 0. The predicted octanol–water partition coefficient (Wildman–Crippen LogP) is 5.20. The summed E-state index contributed by atoms with van der Waals surface area (Å²) in [6, 6.07) is 17.8. The molecule has 7 nitrogen and oxygen atoms in total. The summed E-state index contributed by atoms with van der Waals surface area (Å²) >= 11 is 0. The average Bonchev–Trinajstić information content (AvgIpc) is 3.53. The molecule has 0 saturated carbocycles. The third-order valence-electron chi connectivity index (χ3n) is 5.43. The molecule has 1 atom stereocenters. The van der Waals surface area contributed by atoms with Gasteiger partial charge in [0, 0.05) is 17.5 Å². The molecule has 0 saturated heterocycles.